The third-order valence-corrected chi connectivity index (χ3v) is 4.10. The quantitative estimate of drug-likeness (QED) is 0.740. The number of hydrogen-bond donors (Lipinski definition) is 2. The lowest BCUT2D eigenvalue weighted by Gasteiger charge is -2.34. The summed E-state index contributed by atoms with van der Waals surface area (Å²) in [5.41, 5.74) is 5.76. The van der Waals surface area contributed by atoms with E-state index in [1.807, 2.05) is 0 Å². The molecule has 2 fully saturated rings. The fourth-order valence-corrected chi connectivity index (χ4v) is 2.16. The molecule has 1 aliphatic carbocycles. The molecule has 92 valence electrons. The molecule has 0 spiro atoms. The SMILES string of the molecule is CC1(CNC(=O)C2(CN)CCOCC2)CC1. The molecule has 2 aliphatic rings. The van der Waals surface area contributed by atoms with Crippen LogP contribution in [-0.2, 0) is 9.53 Å². The van der Waals surface area contributed by atoms with Crippen molar-refractivity contribution in [2.75, 3.05) is 26.3 Å². The van der Waals surface area contributed by atoms with Gasteiger partial charge in [-0.05, 0) is 31.1 Å². The zero-order valence-corrected chi connectivity index (χ0v) is 10.1. The van der Waals surface area contributed by atoms with E-state index in [1.54, 1.807) is 0 Å². The van der Waals surface area contributed by atoms with Gasteiger partial charge in [-0.25, -0.2) is 0 Å². The van der Waals surface area contributed by atoms with Gasteiger partial charge in [-0.1, -0.05) is 6.92 Å². The van der Waals surface area contributed by atoms with Gasteiger partial charge in [-0.15, -0.1) is 0 Å². The molecule has 0 aromatic rings. The van der Waals surface area contributed by atoms with Crippen LogP contribution in [0.5, 0.6) is 0 Å². The molecular formula is C12H22N2O2. The van der Waals surface area contributed by atoms with Crippen LogP contribution in [-0.4, -0.2) is 32.2 Å². The van der Waals surface area contributed by atoms with Gasteiger partial charge in [0, 0.05) is 26.3 Å². The molecular weight excluding hydrogens is 204 g/mol. The van der Waals surface area contributed by atoms with Crippen LogP contribution >= 0.6 is 0 Å². The van der Waals surface area contributed by atoms with Crippen molar-refractivity contribution >= 4 is 5.91 Å². The fraction of sp³-hybridized carbons (Fsp3) is 0.917. The zero-order chi connectivity index (χ0) is 11.6. The molecule has 2 rings (SSSR count). The summed E-state index contributed by atoms with van der Waals surface area (Å²) in [6.45, 7) is 4.75. The van der Waals surface area contributed by atoms with Crippen LogP contribution in [0.3, 0.4) is 0 Å². The number of nitrogens with one attached hydrogen (secondary N) is 1. The van der Waals surface area contributed by atoms with E-state index in [0.717, 1.165) is 19.4 Å². The van der Waals surface area contributed by atoms with E-state index in [2.05, 4.69) is 12.2 Å². The normalized spacial score (nSPS) is 26.1. The predicted octanol–water partition coefficient (Wildman–Crippen LogP) is 0.658. The maximum Gasteiger partial charge on any atom is 0.227 e. The van der Waals surface area contributed by atoms with E-state index in [1.165, 1.54) is 12.8 Å². The number of carbonyl (C=O) groups excluding carboxylic acids is 1. The number of amides is 1. The molecule has 1 saturated carbocycles. The maximum atomic E-state index is 12.2. The first-order valence-corrected chi connectivity index (χ1v) is 6.16. The second kappa shape index (κ2) is 4.34. The third kappa shape index (κ3) is 2.38. The average Bonchev–Trinajstić information content (AvgIpc) is 3.06. The van der Waals surface area contributed by atoms with E-state index in [0.29, 0.717) is 25.2 Å². The number of rotatable bonds is 4. The predicted molar refractivity (Wildman–Crippen MR) is 61.9 cm³/mol. The Bertz CT molecular complexity index is 268. The summed E-state index contributed by atoms with van der Waals surface area (Å²) < 4.78 is 5.30. The molecule has 0 unspecified atom stereocenters. The third-order valence-electron chi connectivity index (χ3n) is 4.10. The van der Waals surface area contributed by atoms with Gasteiger partial charge in [-0.2, -0.15) is 0 Å². The Hall–Kier alpha value is -0.610. The zero-order valence-electron chi connectivity index (χ0n) is 10.1. The molecule has 0 aromatic heterocycles. The second-order valence-electron chi connectivity index (χ2n) is 5.59. The largest absolute Gasteiger partial charge is 0.381 e. The van der Waals surface area contributed by atoms with Gasteiger partial charge in [0.1, 0.15) is 0 Å². The van der Waals surface area contributed by atoms with Crippen molar-refractivity contribution in [1.29, 1.82) is 0 Å². The van der Waals surface area contributed by atoms with Gasteiger partial charge >= 0.3 is 0 Å². The topological polar surface area (TPSA) is 64.4 Å². The van der Waals surface area contributed by atoms with Crippen LogP contribution in [0, 0.1) is 10.8 Å². The Morgan fingerprint density at radius 1 is 1.31 bits per heavy atom. The minimum atomic E-state index is -0.372. The van der Waals surface area contributed by atoms with Gasteiger partial charge < -0.3 is 15.8 Å². The smallest absolute Gasteiger partial charge is 0.227 e. The molecule has 0 aromatic carbocycles. The number of ether oxygens (including phenoxy) is 1. The summed E-state index contributed by atoms with van der Waals surface area (Å²) in [7, 11) is 0. The Labute approximate surface area is 96.9 Å². The molecule has 4 heteroatoms. The van der Waals surface area contributed by atoms with Crippen LogP contribution in [0.15, 0.2) is 0 Å². The van der Waals surface area contributed by atoms with Crippen LogP contribution in [0.1, 0.15) is 32.6 Å². The molecule has 4 nitrogen and oxygen atoms in total. The van der Waals surface area contributed by atoms with Crippen molar-refractivity contribution in [1.82, 2.24) is 5.32 Å². The van der Waals surface area contributed by atoms with E-state index < -0.39 is 0 Å². The Kier molecular flexibility index (Phi) is 3.22. The van der Waals surface area contributed by atoms with Crippen molar-refractivity contribution in [2.24, 2.45) is 16.6 Å². The summed E-state index contributed by atoms with van der Waals surface area (Å²) in [4.78, 5) is 12.2. The standard InChI is InChI=1S/C12H22N2O2/c1-11(2-3-11)9-14-10(15)12(8-13)4-6-16-7-5-12/h2-9,13H2,1H3,(H,14,15). The summed E-state index contributed by atoms with van der Waals surface area (Å²) in [6.07, 6.45) is 3.97. The molecule has 0 atom stereocenters. The summed E-state index contributed by atoms with van der Waals surface area (Å²) in [5, 5.41) is 3.07. The molecule has 1 aliphatic heterocycles. The van der Waals surface area contributed by atoms with Gasteiger partial charge in [0.25, 0.3) is 0 Å². The number of nitrogens with two attached hydrogens (primary N) is 1. The lowest BCUT2D eigenvalue weighted by Crippen LogP contribution is -2.50. The van der Waals surface area contributed by atoms with Gasteiger partial charge in [-0.3, -0.25) is 4.79 Å². The van der Waals surface area contributed by atoms with E-state index in [9.17, 15) is 4.79 Å². The van der Waals surface area contributed by atoms with Crippen LogP contribution in [0.2, 0.25) is 0 Å². The average molecular weight is 226 g/mol. The van der Waals surface area contributed by atoms with Crippen molar-refractivity contribution in [3.63, 3.8) is 0 Å². The van der Waals surface area contributed by atoms with Gasteiger partial charge in [0.05, 0.1) is 5.41 Å². The van der Waals surface area contributed by atoms with Crippen molar-refractivity contribution in [3.05, 3.63) is 0 Å². The first-order valence-electron chi connectivity index (χ1n) is 6.16. The van der Waals surface area contributed by atoms with E-state index in [-0.39, 0.29) is 11.3 Å². The highest BCUT2D eigenvalue weighted by atomic mass is 16.5. The Morgan fingerprint density at radius 2 is 1.94 bits per heavy atom. The van der Waals surface area contributed by atoms with E-state index >= 15 is 0 Å². The number of hydrogen-bond acceptors (Lipinski definition) is 3. The molecule has 1 amide bonds. The minimum Gasteiger partial charge on any atom is -0.381 e. The van der Waals surface area contributed by atoms with Crippen molar-refractivity contribution in [3.8, 4) is 0 Å². The Morgan fingerprint density at radius 3 is 2.44 bits per heavy atom. The summed E-state index contributed by atoms with van der Waals surface area (Å²) in [6, 6.07) is 0. The first kappa shape index (κ1) is 11.9. The molecule has 0 radical (unpaired) electrons. The highest BCUT2D eigenvalue weighted by Gasteiger charge is 2.42. The molecule has 16 heavy (non-hydrogen) atoms. The monoisotopic (exact) mass is 226 g/mol. The lowest BCUT2D eigenvalue weighted by molar-refractivity contribution is -0.136. The molecule has 1 saturated heterocycles. The van der Waals surface area contributed by atoms with Crippen LogP contribution in [0.25, 0.3) is 0 Å². The summed E-state index contributed by atoms with van der Waals surface area (Å²) in [5.74, 6) is 0.131. The molecule has 0 bridgehead atoms. The van der Waals surface area contributed by atoms with Crippen molar-refractivity contribution < 1.29 is 9.53 Å². The minimum absolute atomic E-state index is 0.131. The van der Waals surface area contributed by atoms with Gasteiger partial charge in [0.2, 0.25) is 5.91 Å². The Balaban J connectivity index is 1.89. The van der Waals surface area contributed by atoms with Crippen LogP contribution < -0.4 is 11.1 Å². The van der Waals surface area contributed by atoms with Crippen LogP contribution in [0.4, 0.5) is 0 Å². The number of carbonyl (C=O) groups is 1. The first-order chi connectivity index (χ1) is 7.60. The fourth-order valence-electron chi connectivity index (χ4n) is 2.16. The molecule has 3 N–H and O–H groups in total. The molecule has 1 heterocycles. The maximum absolute atomic E-state index is 12.2. The summed E-state index contributed by atoms with van der Waals surface area (Å²) >= 11 is 0. The lowest BCUT2D eigenvalue weighted by atomic mass is 9.79. The second-order valence-corrected chi connectivity index (χ2v) is 5.59. The van der Waals surface area contributed by atoms with Gasteiger partial charge in [0.15, 0.2) is 0 Å². The highest BCUT2D eigenvalue weighted by molar-refractivity contribution is 5.83. The highest BCUT2D eigenvalue weighted by Crippen LogP contribution is 2.44. The van der Waals surface area contributed by atoms with Crippen molar-refractivity contribution in [2.45, 2.75) is 32.6 Å². The van der Waals surface area contributed by atoms with E-state index in [4.69, 9.17) is 10.5 Å².